The fraction of sp³-hybridized carbons (Fsp3) is 0.544. The second-order valence-corrected chi connectivity index (χ2v) is 20.0. The topological polar surface area (TPSA) is 167 Å². The number of benzene rings is 4. The van der Waals surface area contributed by atoms with Crippen LogP contribution in [0.2, 0.25) is 0 Å². The highest BCUT2D eigenvalue weighted by Crippen LogP contribution is 2.50. The molecule has 0 saturated carbocycles. The molecule has 2 aliphatic rings. The lowest BCUT2D eigenvalue weighted by atomic mass is 9.74. The Balaban J connectivity index is 1.34. The van der Waals surface area contributed by atoms with Gasteiger partial charge in [0.15, 0.2) is 46.0 Å². The van der Waals surface area contributed by atoms with Gasteiger partial charge in [-0.15, -0.1) is 0 Å². The molecule has 2 N–H and O–H groups in total. The van der Waals surface area contributed by atoms with Gasteiger partial charge in [0.05, 0.1) is 117 Å². The Bertz CT molecular complexity index is 2500. The predicted molar refractivity (Wildman–Crippen MR) is 278 cm³/mol. The van der Waals surface area contributed by atoms with Gasteiger partial charge in [-0.05, 0) is 104 Å². The van der Waals surface area contributed by atoms with E-state index < -0.39 is 17.4 Å². The number of hydrogen-bond donors (Lipinski definition) is 2. The molecular weight excluding hydrogens is 937 g/mol. The number of carbonyl (C=O) groups is 2. The van der Waals surface area contributed by atoms with Gasteiger partial charge in [0.1, 0.15) is 12.1 Å². The summed E-state index contributed by atoms with van der Waals surface area (Å²) in [7, 11) is 20.8. The van der Waals surface area contributed by atoms with Crippen LogP contribution in [0.1, 0.15) is 103 Å². The van der Waals surface area contributed by atoms with Gasteiger partial charge in [-0.2, -0.15) is 0 Å². The van der Waals surface area contributed by atoms with Gasteiger partial charge in [-0.1, -0.05) is 12.8 Å². The van der Waals surface area contributed by atoms with Crippen LogP contribution in [0.4, 0.5) is 0 Å². The van der Waals surface area contributed by atoms with E-state index in [2.05, 4.69) is 38.4 Å². The normalized spacial score (nSPS) is 19.8. The molecule has 400 valence electrons. The average Bonchev–Trinajstić information content (AvgIpc) is 3.39. The average molecular weight is 1020 g/mol. The van der Waals surface area contributed by atoms with Gasteiger partial charge in [-0.3, -0.25) is 9.59 Å². The van der Waals surface area contributed by atoms with Gasteiger partial charge in [-0.25, -0.2) is 0 Å². The number of unbranched alkanes of at least 4 members (excludes halogenated alkanes) is 2. The van der Waals surface area contributed by atoms with E-state index in [1.54, 1.807) is 71.1 Å². The maximum Gasteiger partial charge on any atom is 0.309 e. The Kier molecular flexibility index (Phi) is 18.9. The van der Waals surface area contributed by atoms with E-state index in [-0.39, 0.29) is 18.5 Å². The smallest absolute Gasteiger partial charge is 0.309 e. The summed E-state index contributed by atoms with van der Waals surface area (Å²) < 4.78 is 59.2. The standard InChI is InChI=1S/C57H78N2O14/c1-58(26-19-38-31-44(64-3)46(66-5)35-41(38)43(58)28-37-29-48(68-7)54(72-11)49(30-37)69-8)24-16-22-57(56(62)63,21-15-13-14-18-52(60)61)23-17-25-59(2)27-20-39-32-45(65-4)47(67-6)36-42(39)53(59)40-33-50(70-9)55(73-12)51(34-40)71-10/h29-36,43,53H,13-28H2,1-12H3/p+2/t43-,53+,57?,58+,59-/m1/s1. The molecule has 2 heterocycles. The van der Waals surface area contributed by atoms with Crippen molar-refractivity contribution in [2.75, 3.05) is 111 Å². The minimum Gasteiger partial charge on any atom is -0.493 e. The minimum atomic E-state index is -1.05. The molecule has 2 aliphatic heterocycles. The number of fused-ring (bicyclic) bond motifs is 2. The largest absolute Gasteiger partial charge is 0.493 e. The number of rotatable bonds is 28. The van der Waals surface area contributed by atoms with E-state index in [0.29, 0.717) is 131 Å². The first-order valence-electron chi connectivity index (χ1n) is 25.3. The molecule has 0 aliphatic carbocycles. The fourth-order valence-electron chi connectivity index (χ4n) is 11.9. The molecule has 0 amide bonds. The van der Waals surface area contributed by atoms with E-state index in [9.17, 15) is 19.8 Å². The summed E-state index contributed by atoms with van der Waals surface area (Å²) in [6.45, 7) is 3.00. The van der Waals surface area contributed by atoms with Crippen molar-refractivity contribution in [2.45, 2.75) is 89.1 Å². The SMILES string of the molecule is COc1cc2c(cc1OC)[C@H](c1cc(OC)c(OC)c(OC)c1)[N@+](C)(CCCC(CCCCCC(=O)O)(CCC[N@@+]1(C)CCc3cc(OC)c(OC)cc3[C@H]1Cc1cc(OC)c(OC)c(OC)c1)C(=O)O)CC2. The van der Waals surface area contributed by atoms with Crippen LogP contribution < -0.4 is 47.4 Å². The summed E-state index contributed by atoms with van der Waals surface area (Å²) in [5.41, 5.74) is 5.49. The van der Waals surface area contributed by atoms with Crippen molar-refractivity contribution in [1.29, 1.82) is 0 Å². The second kappa shape index (κ2) is 24.6. The Hall–Kier alpha value is -6.26. The molecule has 0 fully saturated rings. The van der Waals surface area contributed by atoms with Crippen LogP contribution in [0.15, 0.2) is 48.5 Å². The van der Waals surface area contributed by atoms with Crippen LogP contribution in [0.5, 0.6) is 57.5 Å². The third-order valence-corrected chi connectivity index (χ3v) is 15.9. The number of likely N-dealkylation sites (N-methyl/N-ethyl adjacent to an activating group) is 2. The van der Waals surface area contributed by atoms with Crippen molar-refractivity contribution in [3.8, 4) is 57.5 Å². The maximum atomic E-state index is 14.0. The van der Waals surface area contributed by atoms with Crippen molar-refractivity contribution < 1.29 is 76.1 Å². The number of carboxylic acids is 2. The summed E-state index contributed by atoms with van der Waals surface area (Å²) in [6, 6.07) is 16.1. The highest BCUT2D eigenvalue weighted by Gasteiger charge is 2.45. The molecule has 6 rings (SSSR count). The molecule has 1 unspecified atom stereocenters. The molecule has 0 saturated heterocycles. The lowest BCUT2D eigenvalue weighted by Gasteiger charge is -2.47. The first-order valence-corrected chi connectivity index (χ1v) is 25.3. The lowest BCUT2D eigenvalue weighted by Crippen LogP contribution is -2.53. The van der Waals surface area contributed by atoms with Gasteiger partial charge in [0.25, 0.3) is 0 Å². The molecule has 0 radical (unpaired) electrons. The molecule has 5 atom stereocenters. The Morgan fingerprint density at radius 3 is 1.40 bits per heavy atom. The van der Waals surface area contributed by atoms with Gasteiger partial charge < -0.3 is 66.5 Å². The fourth-order valence-corrected chi connectivity index (χ4v) is 11.9. The van der Waals surface area contributed by atoms with Crippen molar-refractivity contribution in [2.24, 2.45) is 5.41 Å². The van der Waals surface area contributed by atoms with Crippen LogP contribution in [0.3, 0.4) is 0 Å². The van der Waals surface area contributed by atoms with Crippen LogP contribution >= 0.6 is 0 Å². The van der Waals surface area contributed by atoms with Crippen LogP contribution in [-0.2, 0) is 28.9 Å². The van der Waals surface area contributed by atoms with Crippen molar-refractivity contribution in [3.05, 3.63) is 81.9 Å². The van der Waals surface area contributed by atoms with E-state index in [0.717, 1.165) is 60.3 Å². The number of aliphatic carboxylic acids is 2. The summed E-state index contributed by atoms with van der Waals surface area (Å²) in [6.07, 6.45) is 6.65. The number of quaternary nitrogens is 2. The molecule has 16 nitrogen and oxygen atoms in total. The van der Waals surface area contributed by atoms with Crippen molar-refractivity contribution in [1.82, 2.24) is 0 Å². The highest BCUT2D eigenvalue weighted by atomic mass is 16.5. The van der Waals surface area contributed by atoms with Crippen molar-refractivity contribution >= 4 is 11.9 Å². The zero-order valence-corrected chi connectivity index (χ0v) is 45.3. The molecule has 0 aromatic heterocycles. The maximum absolute atomic E-state index is 14.0. The molecule has 16 heteroatoms. The molecule has 0 spiro atoms. The second-order valence-electron chi connectivity index (χ2n) is 20.0. The van der Waals surface area contributed by atoms with Crippen LogP contribution in [0.25, 0.3) is 0 Å². The van der Waals surface area contributed by atoms with Crippen molar-refractivity contribution in [3.63, 3.8) is 0 Å². The third kappa shape index (κ3) is 12.1. The Morgan fingerprint density at radius 2 is 0.932 bits per heavy atom. The highest BCUT2D eigenvalue weighted by molar-refractivity contribution is 5.74. The third-order valence-electron chi connectivity index (χ3n) is 15.9. The van der Waals surface area contributed by atoms with Crippen LogP contribution in [0, 0.1) is 5.41 Å². The lowest BCUT2D eigenvalue weighted by molar-refractivity contribution is -0.941. The van der Waals surface area contributed by atoms with Crippen LogP contribution in [-0.4, -0.2) is 142 Å². The zero-order chi connectivity index (χ0) is 53.1. The summed E-state index contributed by atoms with van der Waals surface area (Å²) in [5.74, 6) is 4.20. The van der Waals surface area contributed by atoms with E-state index in [4.69, 9.17) is 47.4 Å². The monoisotopic (exact) mass is 1020 g/mol. The quantitative estimate of drug-likeness (QED) is 0.0408. The van der Waals surface area contributed by atoms with Gasteiger partial charge >= 0.3 is 11.9 Å². The molecule has 0 bridgehead atoms. The first-order chi connectivity index (χ1) is 35.0. The molecule has 4 aromatic carbocycles. The number of hydrogen-bond acceptors (Lipinski definition) is 12. The predicted octanol–water partition coefficient (Wildman–Crippen LogP) is 9.52. The minimum absolute atomic E-state index is 0.0428. The number of carboxylic acid groups (broad SMARTS) is 2. The first kappa shape index (κ1) is 56.0. The van der Waals surface area contributed by atoms with E-state index in [1.807, 2.05) is 24.3 Å². The van der Waals surface area contributed by atoms with E-state index >= 15 is 0 Å². The molecular formula is C57H80N2O14+2. The number of nitrogens with zero attached hydrogens (tertiary/aromatic N) is 2. The Labute approximate surface area is 432 Å². The van der Waals surface area contributed by atoms with Gasteiger partial charge in [0.2, 0.25) is 11.5 Å². The summed E-state index contributed by atoms with van der Waals surface area (Å²) in [4.78, 5) is 25.5. The number of methoxy groups -OCH3 is 10. The zero-order valence-electron chi connectivity index (χ0n) is 45.3. The van der Waals surface area contributed by atoms with E-state index in [1.165, 1.54) is 5.56 Å². The van der Waals surface area contributed by atoms with Gasteiger partial charge in [0, 0.05) is 42.4 Å². The Morgan fingerprint density at radius 1 is 0.507 bits per heavy atom. The summed E-state index contributed by atoms with van der Waals surface area (Å²) in [5, 5.41) is 20.9. The summed E-state index contributed by atoms with van der Waals surface area (Å²) >= 11 is 0. The number of ether oxygens (including phenoxy) is 10. The molecule has 73 heavy (non-hydrogen) atoms. The molecule has 4 aromatic rings.